The number of allylic oxidation sites excluding steroid dienone is 2. The topological polar surface area (TPSA) is 46.3 Å². The standard InChI is InChI=1S/C29H38N2O/c1-21(2)18-25(30)20-31(29(32)28-19-27(28)24-12-8-5-9-13-24)26-16-14-23(15-17-26)22-10-6-3-4-7-11-22/h5,8-10,12-17,21,25,27-28H,3-4,6-7,11,18-20,30H2,1-2H3/t25-,27-,28+/m0/s1. The van der Waals surface area contributed by atoms with Gasteiger partial charge < -0.3 is 10.6 Å². The molecule has 4 rings (SSSR count). The molecule has 1 fully saturated rings. The highest BCUT2D eigenvalue weighted by Gasteiger charge is 2.46. The van der Waals surface area contributed by atoms with E-state index in [0.29, 0.717) is 18.4 Å². The Morgan fingerprint density at radius 3 is 2.50 bits per heavy atom. The van der Waals surface area contributed by atoms with Gasteiger partial charge in [0, 0.05) is 24.2 Å². The maximum Gasteiger partial charge on any atom is 0.230 e. The number of rotatable bonds is 8. The Hall–Kier alpha value is -2.39. The summed E-state index contributed by atoms with van der Waals surface area (Å²) in [5.41, 5.74) is 11.5. The Labute approximate surface area is 193 Å². The molecular weight excluding hydrogens is 392 g/mol. The van der Waals surface area contributed by atoms with Crippen LogP contribution in [0.3, 0.4) is 0 Å². The van der Waals surface area contributed by atoms with E-state index in [-0.39, 0.29) is 17.9 Å². The summed E-state index contributed by atoms with van der Waals surface area (Å²) >= 11 is 0. The number of hydrogen-bond acceptors (Lipinski definition) is 2. The number of nitrogens with two attached hydrogens (primary N) is 1. The molecule has 0 heterocycles. The van der Waals surface area contributed by atoms with E-state index in [0.717, 1.165) is 24.9 Å². The third-order valence-corrected chi connectivity index (χ3v) is 6.88. The summed E-state index contributed by atoms with van der Waals surface area (Å²) in [5, 5.41) is 0. The van der Waals surface area contributed by atoms with Gasteiger partial charge in [0.25, 0.3) is 0 Å². The van der Waals surface area contributed by atoms with Crippen molar-refractivity contribution in [1.82, 2.24) is 0 Å². The molecule has 170 valence electrons. The molecule has 3 heteroatoms. The van der Waals surface area contributed by atoms with E-state index in [1.54, 1.807) is 0 Å². The van der Waals surface area contributed by atoms with E-state index in [9.17, 15) is 4.79 Å². The van der Waals surface area contributed by atoms with Crippen LogP contribution in [-0.2, 0) is 4.79 Å². The monoisotopic (exact) mass is 430 g/mol. The minimum absolute atomic E-state index is 0.0166. The van der Waals surface area contributed by atoms with Crippen molar-refractivity contribution in [3.05, 3.63) is 71.8 Å². The molecule has 2 N–H and O–H groups in total. The summed E-state index contributed by atoms with van der Waals surface area (Å²) in [6.45, 7) is 4.96. The van der Waals surface area contributed by atoms with E-state index < -0.39 is 0 Å². The highest BCUT2D eigenvalue weighted by molar-refractivity contribution is 5.97. The SMILES string of the molecule is CC(C)C[C@H](N)CN(C(=O)[C@@H]1C[C@H]1c1ccccc1)c1ccc(C2=CCCCCC2)cc1. The molecule has 2 aromatic carbocycles. The Balaban J connectivity index is 1.52. The van der Waals surface area contributed by atoms with E-state index >= 15 is 0 Å². The van der Waals surface area contributed by atoms with Crippen LogP contribution < -0.4 is 10.6 Å². The van der Waals surface area contributed by atoms with Crippen LogP contribution in [0.5, 0.6) is 0 Å². The molecule has 0 radical (unpaired) electrons. The summed E-state index contributed by atoms with van der Waals surface area (Å²) in [7, 11) is 0. The molecule has 0 aromatic heterocycles. The van der Waals surface area contributed by atoms with Crippen molar-refractivity contribution in [2.45, 2.75) is 70.8 Å². The van der Waals surface area contributed by atoms with E-state index in [4.69, 9.17) is 5.73 Å². The first-order valence-corrected chi connectivity index (χ1v) is 12.4. The van der Waals surface area contributed by atoms with E-state index in [1.165, 1.54) is 42.4 Å². The molecule has 3 atom stereocenters. The summed E-state index contributed by atoms with van der Waals surface area (Å²) in [5.74, 6) is 1.14. The molecule has 0 spiro atoms. The zero-order valence-corrected chi connectivity index (χ0v) is 19.7. The molecule has 1 saturated carbocycles. The quantitative estimate of drug-likeness (QED) is 0.516. The lowest BCUT2D eigenvalue weighted by molar-refractivity contribution is -0.120. The lowest BCUT2D eigenvalue weighted by Crippen LogP contribution is -2.42. The summed E-state index contributed by atoms with van der Waals surface area (Å²) < 4.78 is 0. The summed E-state index contributed by atoms with van der Waals surface area (Å²) in [4.78, 5) is 15.6. The first kappa shape index (κ1) is 22.8. The average molecular weight is 431 g/mol. The van der Waals surface area contributed by atoms with Crippen molar-refractivity contribution in [3.63, 3.8) is 0 Å². The molecule has 0 saturated heterocycles. The van der Waals surface area contributed by atoms with Crippen molar-refractivity contribution < 1.29 is 4.79 Å². The molecule has 3 nitrogen and oxygen atoms in total. The Bertz CT molecular complexity index is 916. The normalized spacial score (nSPS) is 21.6. The molecule has 0 aliphatic heterocycles. The van der Waals surface area contributed by atoms with Crippen molar-refractivity contribution in [1.29, 1.82) is 0 Å². The predicted octanol–water partition coefficient (Wildman–Crippen LogP) is 6.54. The number of anilines is 1. The number of benzene rings is 2. The van der Waals surface area contributed by atoms with Crippen LogP contribution >= 0.6 is 0 Å². The largest absolute Gasteiger partial charge is 0.326 e. The van der Waals surface area contributed by atoms with Gasteiger partial charge >= 0.3 is 0 Å². The minimum Gasteiger partial charge on any atom is -0.326 e. The number of hydrogen-bond donors (Lipinski definition) is 1. The fourth-order valence-electron chi connectivity index (χ4n) is 5.11. The predicted molar refractivity (Wildman–Crippen MR) is 135 cm³/mol. The molecule has 32 heavy (non-hydrogen) atoms. The molecule has 2 aromatic rings. The van der Waals surface area contributed by atoms with Crippen LogP contribution in [-0.4, -0.2) is 18.5 Å². The van der Waals surface area contributed by atoms with Gasteiger partial charge in [-0.2, -0.15) is 0 Å². The van der Waals surface area contributed by atoms with Crippen LogP contribution in [0, 0.1) is 11.8 Å². The van der Waals surface area contributed by atoms with Crippen LogP contribution in [0.2, 0.25) is 0 Å². The van der Waals surface area contributed by atoms with E-state index in [1.807, 2.05) is 11.0 Å². The maximum absolute atomic E-state index is 13.6. The van der Waals surface area contributed by atoms with E-state index in [2.05, 4.69) is 68.5 Å². The smallest absolute Gasteiger partial charge is 0.230 e. The fraction of sp³-hybridized carbons (Fsp3) is 0.483. The Morgan fingerprint density at radius 2 is 1.78 bits per heavy atom. The van der Waals surface area contributed by atoms with Crippen molar-refractivity contribution in [2.75, 3.05) is 11.4 Å². The van der Waals surface area contributed by atoms with Gasteiger partial charge in [-0.1, -0.05) is 68.8 Å². The van der Waals surface area contributed by atoms with Gasteiger partial charge in [-0.25, -0.2) is 0 Å². The molecule has 2 aliphatic rings. The highest BCUT2D eigenvalue weighted by Crippen LogP contribution is 2.48. The van der Waals surface area contributed by atoms with Crippen molar-refractivity contribution >= 4 is 17.2 Å². The second-order valence-electron chi connectivity index (χ2n) is 10.1. The number of carbonyl (C=O) groups excluding carboxylic acids is 1. The first-order chi connectivity index (χ1) is 15.5. The molecule has 0 bridgehead atoms. The van der Waals surface area contributed by atoms with Gasteiger partial charge in [-0.05, 0) is 79.2 Å². The number of nitrogens with zero attached hydrogens (tertiary/aromatic N) is 1. The molecule has 0 unspecified atom stereocenters. The van der Waals surface area contributed by atoms with Gasteiger partial charge in [-0.15, -0.1) is 0 Å². The second-order valence-corrected chi connectivity index (χ2v) is 10.1. The first-order valence-electron chi connectivity index (χ1n) is 12.4. The molecule has 2 aliphatic carbocycles. The van der Waals surface area contributed by atoms with Gasteiger partial charge in [0.05, 0.1) is 0 Å². The second kappa shape index (κ2) is 10.5. The summed E-state index contributed by atoms with van der Waals surface area (Å²) in [6, 6.07) is 19.1. The van der Waals surface area contributed by atoms with Crippen molar-refractivity contribution in [3.8, 4) is 0 Å². The van der Waals surface area contributed by atoms with Gasteiger partial charge in [-0.3, -0.25) is 4.79 Å². The van der Waals surface area contributed by atoms with Crippen LogP contribution in [0.25, 0.3) is 5.57 Å². The number of amides is 1. The van der Waals surface area contributed by atoms with Crippen LogP contribution in [0.4, 0.5) is 5.69 Å². The lowest BCUT2D eigenvalue weighted by Gasteiger charge is -2.27. The van der Waals surface area contributed by atoms with Crippen LogP contribution in [0.15, 0.2) is 60.7 Å². The van der Waals surface area contributed by atoms with Crippen molar-refractivity contribution in [2.24, 2.45) is 17.6 Å². The van der Waals surface area contributed by atoms with Crippen LogP contribution in [0.1, 0.15) is 75.8 Å². The van der Waals surface area contributed by atoms with Gasteiger partial charge in [0.2, 0.25) is 5.91 Å². The maximum atomic E-state index is 13.6. The van der Waals surface area contributed by atoms with Gasteiger partial charge in [0.15, 0.2) is 0 Å². The zero-order chi connectivity index (χ0) is 22.5. The molecule has 1 amide bonds. The average Bonchev–Trinajstić information content (AvgIpc) is 3.62. The summed E-state index contributed by atoms with van der Waals surface area (Å²) in [6.07, 6.45) is 10.5. The van der Waals surface area contributed by atoms with Gasteiger partial charge in [0.1, 0.15) is 0 Å². The lowest BCUT2D eigenvalue weighted by atomic mass is 10.00. The Kier molecular flexibility index (Phi) is 7.47. The molecular formula is C29H38N2O. The zero-order valence-electron chi connectivity index (χ0n) is 19.7. The Morgan fingerprint density at radius 1 is 1.03 bits per heavy atom. The highest BCUT2D eigenvalue weighted by atomic mass is 16.2. The number of carbonyl (C=O) groups is 1. The third-order valence-electron chi connectivity index (χ3n) is 6.88. The third kappa shape index (κ3) is 5.69. The fourth-order valence-corrected chi connectivity index (χ4v) is 5.11. The minimum atomic E-state index is -0.0166.